The molecular weight excluding hydrogens is 260 g/mol. The van der Waals surface area contributed by atoms with E-state index in [1.54, 1.807) is 26.0 Å². The van der Waals surface area contributed by atoms with E-state index in [1.807, 2.05) is 12.1 Å². The quantitative estimate of drug-likeness (QED) is 0.903. The van der Waals surface area contributed by atoms with Gasteiger partial charge in [-0.1, -0.05) is 12.1 Å². The summed E-state index contributed by atoms with van der Waals surface area (Å²) in [5, 5.41) is 2.95. The first-order valence-electron chi connectivity index (χ1n) is 6.76. The van der Waals surface area contributed by atoms with Crippen LogP contribution >= 0.6 is 0 Å². The van der Waals surface area contributed by atoms with Crippen LogP contribution < -0.4 is 5.32 Å². The number of nitrogens with one attached hydrogen (secondary N) is 1. The smallest absolute Gasteiger partial charge is 0.180 e. The summed E-state index contributed by atoms with van der Waals surface area (Å²) in [5.74, 6) is 0. The van der Waals surface area contributed by atoms with E-state index in [4.69, 9.17) is 0 Å². The molecule has 4 nitrogen and oxygen atoms in total. The summed E-state index contributed by atoms with van der Waals surface area (Å²) in [6, 6.07) is 7.31. The Bertz CT molecular complexity index is 503. The second-order valence-corrected chi connectivity index (χ2v) is 7.77. The average Bonchev–Trinajstić information content (AvgIpc) is 2.40. The Morgan fingerprint density at radius 2 is 1.74 bits per heavy atom. The van der Waals surface area contributed by atoms with Crippen molar-refractivity contribution >= 4 is 9.84 Å². The lowest BCUT2D eigenvalue weighted by Crippen LogP contribution is -2.42. The van der Waals surface area contributed by atoms with Crippen molar-refractivity contribution in [1.82, 2.24) is 10.2 Å². The molecular formula is C14H22N2O2S. The molecule has 0 atom stereocenters. The van der Waals surface area contributed by atoms with Crippen LogP contribution in [0, 0.1) is 0 Å². The van der Waals surface area contributed by atoms with E-state index in [2.05, 4.69) is 10.2 Å². The monoisotopic (exact) mass is 282 g/mol. The van der Waals surface area contributed by atoms with Crippen molar-refractivity contribution < 1.29 is 8.42 Å². The highest BCUT2D eigenvalue weighted by Crippen LogP contribution is 2.17. The molecule has 0 spiro atoms. The third-order valence-corrected chi connectivity index (χ3v) is 5.66. The van der Waals surface area contributed by atoms with Crippen molar-refractivity contribution in [1.29, 1.82) is 0 Å². The fourth-order valence-corrected chi connectivity index (χ4v) is 3.24. The van der Waals surface area contributed by atoms with Crippen molar-refractivity contribution in [3.05, 3.63) is 29.8 Å². The Morgan fingerprint density at radius 1 is 1.16 bits per heavy atom. The van der Waals surface area contributed by atoms with Crippen molar-refractivity contribution in [2.45, 2.75) is 30.5 Å². The summed E-state index contributed by atoms with van der Waals surface area (Å²) in [6.07, 6.45) is 0. The molecule has 2 rings (SSSR count). The van der Waals surface area contributed by atoms with E-state index in [0.717, 1.165) is 32.7 Å². The molecule has 0 radical (unpaired) electrons. The lowest BCUT2D eigenvalue weighted by Gasteiger charge is -2.27. The number of hydrogen-bond donors (Lipinski definition) is 1. The van der Waals surface area contributed by atoms with Crippen LogP contribution in [0.3, 0.4) is 0 Å². The molecule has 1 aliphatic heterocycles. The van der Waals surface area contributed by atoms with Gasteiger partial charge in [-0.05, 0) is 31.5 Å². The minimum absolute atomic E-state index is 0.369. The first kappa shape index (κ1) is 14.5. The molecule has 1 aromatic carbocycles. The summed E-state index contributed by atoms with van der Waals surface area (Å²) in [4.78, 5) is 2.80. The highest BCUT2D eigenvalue weighted by atomic mass is 32.2. The molecule has 1 saturated heterocycles. The topological polar surface area (TPSA) is 49.4 Å². The predicted octanol–water partition coefficient (Wildman–Crippen LogP) is 1.27. The molecule has 1 fully saturated rings. The summed E-state index contributed by atoms with van der Waals surface area (Å²) in [6.45, 7) is 8.47. The van der Waals surface area contributed by atoms with Crippen LogP contribution in [0.2, 0.25) is 0 Å². The molecule has 0 aromatic heterocycles. The number of hydrogen-bond acceptors (Lipinski definition) is 4. The molecule has 0 aliphatic carbocycles. The van der Waals surface area contributed by atoms with E-state index >= 15 is 0 Å². The maximum Gasteiger partial charge on any atom is 0.180 e. The maximum absolute atomic E-state index is 12.0. The van der Waals surface area contributed by atoms with Gasteiger partial charge in [0.05, 0.1) is 10.1 Å². The molecule has 1 aromatic rings. The van der Waals surface area contributed by atoms with Crippen LogP contribution in [0.4, 0.5) is 0 Å². The van der Waals surface area contributed by atoms with Crippen molar-refractivity contribution in [2.75, 3.05) is 26.2 Å². The van der Waals surface area contributed by atoms with Gasteiger partial charge in [0.1, 0.15) is 0 Å². The Hall–Kier alpha value is -0.910. The van der Waals surface area contributed by atoms with Gasteiger partial charge in [-0.15, -0.1) is 0 Å². The second kappa shape index (κ2) is 6.03. The maximum atomic E-state index is 12.0. The van der Waals surface area contributed by atoms with Gasteiger partial charge in [-0.2, -0.15) is 0 Å². The second-order valence-electron chi connectivity index (χ2n) is 5.26. The largest absolute Gasteiger partial charge is 0.314 e. The first-order chi connectivity index (χ1) is 9.00. The van der Waals surface area contributed by atoms with Gasteiger partial charge in [0.2, 0.25) is 0 Å². The van der Waals surface area contributed by atoms with Crippen molar-refractivity contribution in [3.8, 4) is 0 Å². The SMILES string of the molecule is CC(C)S(=O)(=O)c1ccc(CN2CCNCC2)cc1. The molecule has 19 heavy (non-hydrogen) atoms. The van der Waals surface area contributed by atoms with Gasteiger partial charge in [0.25, 0.3) is 0 Å². The summed E-state index contributed by atoms with van der Waals surface area (Å²) < 4.78 is 24.0. The van der Waals surface area contributed by atoms with Gasteiger partial charge in [0, 0.05) is 32.7 Å². The molecule has 1 heterocycles. The summed E-state index contributed by atoms with van der Waals surface area (Å²) in [7, 11) is -3.15. The number of sulfone groups is 1. The molecule has 1 N–H and O–H groups in total. The van der Waals surface area contributed by atoms with Crippen molar-refractivity contribution in [2.24, 2.45) is 0 Å². The number of nitrogens with zero attached hydrogens (tertiary/aromatic N) is 1. The van der Waals surface area contributed by atoms with Crippen LogP contribution in [0.25, 0.3) is 0 Å². The Morgan fingerprint density at radius 3 is 2.26 bits per heavy atom. The Labute approximate surface area is 115 Å². The number of rotatable bonds is 4. The lowest BCUT2D eigenvalue weighted by atomic mass is 10.2. The summed E-state index contributed by atoms with van der Waals surface area (Å²) in [5.41, 5.74) is 1.17. The molecule has 0 saturated carbocycles. The van der Waals surface area contributed by atoms with Crippen molar-refractivity contribution in [3.63, 3.8) is 0 Å². The van der Waals surface area contributed by atoms with Gasteiger partial charge in [0.15, 0.2) is 9.84 Å². The van der Waals surface area contributed by atoms with Gasteiger partial charge in [-0.3, -0.25) is 4.90 Å². The van der Waals surface area contributed by atoms with E-state index in [-0.39, 0.29) is 5.25 Å². The minimum Gasteiger partial charge on any atom is -0.314 e. The zero-order valence-electron chi connectivity index (χ0n) is 11.6. The van der Waals surface area contributed by atoms with E-state index in [0.29, 0.717) is 4.90 Å². The zero-order chi connectivity index (χ0) is 13.9. The summed E-state index contributed by atoms with van der Waals surface area (Å²) >= 11 is 0. The predicted molar refractivity (Wildman–Crippen MR) is 76.9 cm³/mol. The third-order valence-electron chi connectivity index (χ3n) is 3.49. The normalized spacial score (nSPS) is 17.8. The van der Waals surface area contributed by atoms with Crippen LogP contribution in [0.5, 0.6) is 0 Å². The minimum atomic E-state index is -3.15. The Kier molecular flexibility index (Phi) is 4.60. The molecule has 0 amide bonds. The zero-order valence-corrected chi connectivity index (χ0v) is 12.4. The van der Waals surface area contributed by atoms with E-state index in [9.17, 15) is 8.42 Å². The number of benzene rings is 1. The van der Waals surface area contributed by atoms with Gasteiger partial charge in [-0.25, -0.2) is 8.42 Å². The average molecular weight is 282 g/mol. The van der Waals surface area contributed by atoms with Crippen LogP contribution in [0.1, 0.15) is 19.4 Å². The molecule has 5 heteroatoms. The van der Waals surface area contributed by atoms with E-state index in [1.165, 1.54) is 5.56 Å². The number of piperazine rings is 1. The Balaban J connectivity index is 2.06. The molecule has 0 bridgehead atoms. The van der Waals surface area contributed by atoms with E-state index < -0.39 is 9.84 Å². The van der Waals surface area contributed by atoms with Crippen LogP contribution in [-0.4, -0.2) is 44.7 Å². The highest BCUT2D eigenvalue weighted by Gasteiger charge is 2.19. The van der Waals surface area contributed by atoms with Gasteiger partial charge < -0.3 is 5.32 Å². The highest BCUT2D eigenvalue weighted by molar-refractivity contribution is 7.92. The van der Waals surface area contributed by atoms with Crippen LogP contribution in [-0.2, 0) is 16.4 Å². The third kappa shape index (κ3) is 3.55. The molecule has 106 valence electrons. The standard InChI is InChI=1S/C14H22N2O2S/c1-12(2)19(17,18)14-5-3-13(4-6-14)11-16-9-7-15-8-10-16/h3-6,12,15H,7-11H2,1-2H3. The van der Waals surface area contributed by atoms with Gasteiger partial charge >= 0.3 is 0 Å². The fourth-order valence-electron chi connectivity index (χ4n) is 2.18. The molecule has 1 aliphatic rings. The van der Waals surface area contributed by atoms with Crippen LogP contribution in [0.15, 0.2) is 29.2 Å². The fraction of sp³-hybridized carbons (Fsp3) is 0.571. The lowest BCUT2D eigenvalue weighted by molar-refractivity contribution is 0.233. The first-order valence-corrected chi connectivity index (χ1v) is 8.30. The molecule has 0 unspecified atom stereocenters.